The van der Waals surface area contributed by atoms with Crippen LogP contribution >= 0.6 is 0 Å². The molecule has 1 aromatic heterocycles. The Morgan fingerprint density at radius 3 is 2.43 bits per heavy atom. The van der Waals surface area contributed by atoms with Gasteiger partial charge in [0, 0.05) is 38.5 Å². The van der Waals surface area contributed by atoms with Gasteiger partial charge in [0.25, 0.3) is 0 Å². The van der Waals surface area contributed by atoms with Crippen molar-refractivity contribution >= 4 is 6.09 Å². The van der Waals surface area contributed by atoms with Gasteiger partial charge in [0.1, 0.15) is 18.2 Å². The molecule has 4 rings (SSSR count). The summed E-state index contributed by atoms with van der Waals surface area (Å²) in [4.78, 5) is 24.3. The molecule has 8 nitrogen and oxygen atoms in total. The zero-order valence-corrected chi connectivity index (χ0v) is 21.8. The molecule has 2 fully saturated rings. The molecule has 0 unspecified atom stereocenters. The zero-order valence-electron chi connectivity index (χ0n) is 21.8. The molecule has 10 heteroatoms. The number of halogens is 2. The monoisotopic (exact) mass is 518 g/mol. The third kappa shape index (κ3) is 7.28. The van der Waals surface area contributed by atoms with Crippen LogP contribution in [0.25, 0.3) is 0 Å². The molecule has 3 heterocycles. The van der Waals surface area contributed by atoms with Gasteiger partial charge in [-0.2, -0.15) is 0 Å². The number of ether oxygens (including phenoxy) is 3. The molecule has 0 atom stereocenters. The van der Waals surface area contributed by atoms with Crippen LogP contribution in [-0.2, 0) is 11.2 Å². The van der Waals surface area contributed by atoms with E-state index in [1.807, 2.05) is 13.8 Å². The minimum absolute atomic E-state index is 0.0994. The number of aromatic nitrogens is 2. The predicted molar refractivity (Wildman–Crippen MR) is 134 cm³/mol. The molecule has 37 heavy (non-hydrogen) atoms. The molecule has 0 radical (unpaired) electrons. The number of carbonyl (C=O) groups is 1. The molecule has 2 aromatic rings. The van der Waals surface area contributed by atoms with E-state index in [1.54, 1.807) is 11.8 Å². The van der Waals surface area contributed by atoms with Crippen LogP contribution < -0.4 is 9.47 Å². The topological polar surface area (TPSA) is 77.0 Å². The summed E-state index contributed by atoms with van der Waals surface area (Å²) in [6, 6.07) is 2.29. The van der Waals surface area contributed by atoms with Crippen molar-refractivity contribution in [2.75, 3.05) is 32.7 Å². The Morgan fingerprint density at radius 1 is 1.03 bits per heavy atom. The molecule has 0 bridgehead atoms. The Hall–Kier alpha value is -3.01. The molecule has 0 aliphatic carbocycles. The van der Waals surface area contributed by atoms with Crippen LogP contribution in [-0.4, -0.2) is 70.8 Å². The van der Waals surface area contributed by atoms with Crippen molar-refractivity contribution in [2.24, 2.45) is 0 Å². The Kier molecular flexibility index (Phi) is 9.13. The maximum absolute atomic E-state index is 14.8. The van der Waals surface area contributed by atoms with Gasteiger partial charge in [-0.15, -0.1) is 0 Å². The number of hydrogen-bond acceptors (Lipinski definition) is 7. The molecule has 2 saturated heterocycles. The van der Waals surface area contributed by atoms with E-state index < -0.39 is 11.6 Å². The van der Waals surface area contributed by atoms with Gasteiger partial charge in [-0.3, -0.25) is 0 Å². The van der Waals surface area contributed by atoms with Crippen molar-refractivity contribution in [2.45, 2.75) is 71.5 Å². The highest BCUT2D eigenvalue weighted by Gasteiger charge is 2.26. The minimum atomic E-state index is -0.642. The lowest BCUT2D eigenvalue weighted by molar-refractivity contribution is 0.0505. The van der Waals surface area contributed by atoms with E-state index in [2.05, 4.69) is 14.9 Å². The second kappa shape index (κ2) is 12.5. The summed E-state index contributed by atoms with van der Waals surface area (Å²) in [5.41, 5.74) is 0.820. The molecule has 1 amide bonds. The van der Waals surface area contributed by atoms with Crippen molar-refractivity contribution in [3.05, 3.63) is 41.2 Å². The van der Waals surface area contributed by atoms with E-state index >= 15 is 0 Å². The number of piperidine rings is 2. The Labute approximate surface area is 216 Å². The number of rotatable bonds is 8. The highest BCUT2D eigenvalue weighted by atomic mass is 19.1. The van der Waals surface area contributed by atoms with Crippen molar-refractivity contribution < 1.29 is 27.8 Å². The number of likely N-dealkylation sites (tertiary alicyclic amines) is 2. The first-order valence-corrected chi connectivity index (χ1v) is 13.1. The number of carbonyl (C=O) groups excluding carboxylic acids is 1. The van der Waals surface area contributed by atoms with Gasteiger partial charge >= 0.3 is 6.09 Å². The van der Waals surface area contributed by atoms with Gasteiger partial charge in [-0.25, -0.2) is 23.5 Å². The fourth-order valence-electron chi connectivity index (χ4n) is 4.64. The molecule has 0 N–H and O–H groups in total. The van der Waals surface area contributed by atoms with Gasteiger partial charge in [-0.1, -0.05) is 6.42 Å². The van der Waals surface area contributed by atoms with Gasteiger partial charge in [0.15, 0.2) is 11.6 Å². The van der Waals surface area contributed by atoms with Crippen LogP contribution in [0.3, 0.4) is 0 Å². The SMILES string of the molecule is Cc1c(Oc2cc(F)c(CCN3CCCCC3)cc2F)ncnc1OC1CCN(C(=O)OC(C)C)CC1. The summed E-state index contributed by atoms with van der Waals surface area (Å²) in [6.45, 7) is 9.09. The van der Waals surface area contributed by atoms with E-state index in [9.17, 15) is 13.6 Å². The number of hydrogen-bond donors (Lipinski definition) is 0. The van der Waals surface area contributed by atoms with Crippen molar-refractivity contribution in [3.63, 3.8) is 0 Å². The maximum Gasteiger partial charge on any atom is 0.410 e. The van der Waals surface area contributed by atoms with Crippen LogP contribution in [0.4, 0.5) is 13.6 Å². The van der Waals surface area contributed by atoms with Gasteiger partial charge < -0.3 is 24.0 Å². The predicted octanol–water partition coefficient (Wildman–Crippen LogP) is 5.27. The van der Waals surface area contributed by atoms with E-state index in [0.717, 1.165) is 32.0 Å². The quantitative estimate of drug-likeness (QED) is 0.471. The normalized spacial score (nSPS) is 17.2. The van der Waals surface area contributed by atoms with Crippen molar-refractivity contribution in [1.82, 2.24) is 19.8 Å². The second-order valence-corrected chi connectivity index (χ2v) is 9.97. The third-order valence-electron chi connectivity index (χ3n) is 6.76. The standard InChI is InChI=1S/C27H36F2N4O4/c1-18(2)35-27(34)33-13-8-21(9-14-33)36-25-19(3)26(31-17-30-25)37-24-16-22(28)20(15-23(24)29)7-12-32-10-5-4-6-11-32/h15-18,21H,4-14H2,1-3H3. The minimum Gasteiger partial charge on any atom is -0.474 e. The lowest BCUT2D eigenvalue weighted by Crippen LogP contribution is -2.42. The third-order valence-corrected chi connectivity index (χ3v) is 6.76. The van der Waals surface area contributed by atoms with Crippen molar-refractivity contribution in [1.29, 1.82) is 0 Å². The largest absolute Gasteiger partial charge is 0.474 e. The van der Waals surface area contributed by atoms with E-state index in [1.165, 1.54) is 18.8 Å². The highest BCUT2D eigenvalue weighted by Crippen LogP contribution is 2.32. The van der Waals surface area contributed by atoms with Gasteiger partial charge in [0.2, 0.25) is 11.8 Å². The molecule has 0 spiro atoms. The number of nitrogens with zero attached hydrogens (tertiary/aromatic N) is 4. The summed E-state index contributed by atoms with van der Waals surface area (Å²) >= 11 is 0. The lowest BCUT2D eigenvalue weighted by atomic mass is 10.1. The summed E-state index contributed by atoms with van der Waals surface area (Å²) < 4.78 is 46.6. The fraction of sp³-hybridized carbons (Fsp3) is 0.593. The second-order valence-electron chi connectivity index (χ2n) is 9.97. The molecule has 202 valence electrons. The first-order chi connectivity index (χ1) is 17.8. The molecule has 2 aliphatic rings. The highest BCUT2D eigenvalue weighted by molar-refractivity contribution is 5.67. The lowest BCUT2D eigenvalue weighted by Gasteiger charge is -2.31. The summed E-state index contributed by atoms with van der Waals surface area (Å²) in [6.07, 6.45) is 5.84. The molecular formula is C27H36F2N4O4. The fourth-order valence-corrected chi connectivity index (χ4v) is 4.64. The molecule has 1 aromatic carbocycles. The smallest absolute Gasteiger partial charge is 0.410 e. The van der Waals surface area contributed by atoms with E-state index in [4.69, 9.17) is 14.2 Å². The molecule has 2 aliphatic heterocycles. The van der Waals surface area contributed by atoms with E-state index in [0.29, 0.717) is 55.9 Å². The summed E-state index contributed by atoms with van der Waals surface area (Å²) in [5.74, 6) is -0.964. The average molecular weight is 519 g/mol. The van der Waals surface area contributed by atoms with Crippen LogP contribution in [0.15, 0.2) is 18.5 Å². The molecule has 0 saturated carbocycles. The average Bonchev–Trinajstić information content (AvgIpc) is 2.88. The molecular weight excluding hydrogens is 482 g/mol. The zero-order chi connectivity index (χ0) is 26.4. The summed E-state index contributed by atoms with van der Waals surface area (Å²) in [7, 11) is 0. The first kappa shape index (κ1) is 27.0. The van der Waals surface area contributed by atoms with Crippen molar-refractivity contribution in [3.8, 4) is 17.5 Å². The number of benzene rings is 1. The Morgan fingerprint density at radius 2 is 1.73 bits per heavy atom. The van der Waals surface area contributed by atoms with Crippen LogP contribution in [0.1, 0.15) is 57.1 Å². The first-order valence-electron chi connectivity index (χ1n) is 13.1. The summed E-state index contributed by atoms with van der Waals surface area (Å²) in [5, 5.41) is 0. The Balaban J connectivity index is 1.36. The van der Waals surface area contributed by atoms with E-state index in [-0.39, 0.29) is 29.9 Å². The van der Waals surface area contributed by atoms with Crippen LogP contribution in [0.2, 0.25) is 0 Å². The van der Waals surface area contributed by atoms with Crippen LogP contribution in [0.5, 0.6) is 17.5 Å². The maximum atomic E-state index is 14.8. The number of amides is 1. The van der Waals surface area contributed by atoms with Crippen LogP contribution in [0, 0.1) is 18.6 Å². The van der Waals surface area contributed by atoms with Gasteiger partial charge in [0.05, 0.1) is 11.7 Å². The van der Waals surface area contributed by atoms with Gasteiger partial charge in [-0.05, 0) is 64.8 Å². The Bertz CT molecular complexity index is 1070.